The lowest BCUT2D eigenvalue weighted by Crippen LogP contribution is -2.36. The molecule has 0 radical (unpaired) electrons. The Hall–Kier alpha value is -2.83. The highest BCUT2D eigenvalue weighted by Gasteiger charge is 2.23. The van der Waals surface area contributed by atoms with Crippen molar-refractivity contribution < 1.29 is 4.79 Å². The normalized spacial score (nSPS) is 10.6. The Morgan fingerprint density at radius 3 is 1.81 bits per heavy atom. The number of hydrogen-bond donors (Lipinski definition) is 1. The maximum Gasteiger partial charge on any atom is 0.244 e. The van der Waals surface area contributed by atoms with Gasteiger partial charge in [-0.3, -0.25) is 4.79 Å². The van der Waals surface area contributed by atoms with Crippen molar-refractivity contribution in [2.75, 3.05) is 59.3 Å². The van der Waals surface area contributed by atoms with Gasteiger partial charge in [-0.05, 0) is 53.2 Å². The number of nitrogens with zero attached hydrogens (tertiary/aromatic N) is 5. The number of benzene rings is 1. The summed E-state index contributed by atoms with van der Waals surface area (Å²) in [6.07, 6.45) is 0.964. The fourth-order valence-corrected chi connectivity index (χ4v) is 3.72. The first-order valence-electron chi connectivity index (χ1n) is 11.5. The highest BCUT2D eigenvalue weighted by Crippen LogP contribution is 2.33. The Morgan fingerprint density at radius 2 is 1.35 bits per heavy atom. The number of anilines is 4. The molecule has 0 fully saturated rings. The molecular weight excluding hydrogens is 388 g/mol. The molecule has 31 heavy (non-hydrogen) atoms. The second kappa shape index (κ2) is 12.1. The average molecular weight is 427 g/mol. The molecule has 0 atom stereocenters. The number of nitrogens with one attached hydrogen (secondary N) is 1. The smallest absolute Gasteiger partial charge is 0.244 e. The van der Waals surface area contributed by atoms with E-state index in [-0.39, 0.29) is 12.5 Å². The third-order valence-electron chi connectivity index (χ3n) is 5.32. The number of para-hydroxylation sites is 1. The van der Waals surface area contributed by atoms with Crippen molar-refractivity contribution >= 4 is 28.9 Å². The van der Waals surface area contributed by atoms with Gasteiger partial charge in [0.2, 0.25) is 5.91 Å². The van der Waals surface area contributed by atoms with Gasteiger partial charge in [-0.15, -0.1) is 0 Å². The van der Waals surface area contributed by atoms with Crippen molar-refractivity contribution in [1.29, 1.82) is 0 Å². The summed E-state index contributed by atoms with van der Waals surface area (Å²) in [6.45, 7) is 16.7. The van der Waals surface area contributed by atoms with Gasteiger partial charge in [0.05, 0.1) is 6.54 Å². The van der Waals surface area contributed by atoms with Crippen LogP contribution in [0.15, 0.2) is 30.3 Å². The first-order chi connectivity index (χ1) is 15.0. The summed E-state index contributed by atoms with van der Waals surface area (Å²) in [6, 6.07) is 10.1. The summed E-state index contributed by atoms with van der Waals surface area (Å²) in [7, 11) is 0. The van der Waals surface area contributed by atoms with Crippen molar-refractivity contribution in [3.05, 3.63) is 36.2 Å². The van der Waals surface area contributed by atoms with Gasteiger partial charge in [0.1, 0.15) is 11.5 Å². The SMILES string of the molecule is CCCN(CC(=O)Nc1c(N(CC)CC)nc(C)nc1N(CC)CC)c1ccccc1. The summed E-state index contributed by atoms with van der Waals surface area (Å²) < 4.78 is 0. The second-order valence-corrected chi connectivity index (χ2v) is 7.44. The molecule has 170 valence electrons. The van der Waals surface area contributed by atoms with Crippen LogP contribution >= 0.6 is 0 Å². The van der Waals surface area contributed by atoms with Crippen LogP contribution in [0.25, 0.3) is 0 Å². The Bertz CT molecular complexity index is 785. The van der Waals surface area contributed by atoms with Crippen LogP contribution in [0, 0.1) is 6.92 Å². The van der Waals surface area contributed by atoms with E-state index in [0.717, 1.165) is 56.5 Å². The fraction of sp³-hybridized carbons (Fsp3) is 0.542. The van der Waals surface area contributed by atoms with Crippen molar-refractivity contribution in [1.82, 2.24) is 9.97 Å². The minimum atomic E-state index is -0.0634. The summed E-state index contributed by atoms with van der Waals surface area (Å²) in [5, 5.41) is 3.17. The van der Waals surface area contributed by atoms with Crippen LogP contribution in [-0.4, -0.2) is 55.1 Å². The van der Waals surface area contributed by atoms with Gasteiger partial charge < -0.3 is 20.0 Å². The summed E-state index contributed by atoms with van der Waals surface area (Å²) in [5.74, 6) is 2.22. The van der Waals surface area contributed by atoms with Gasteiger partial charge >= 0.3 is 0 Å². The van der Waals surface area contributed by atoms with E-state index in [1.54, 1.807) is 0 Å². The van der Waals surface area contributed by atoms with Crippen LogP contribution in [0.2, 0.25) is 0 Å². The van der Waals surface area contributed by atoms with Crippen molar-refractivity contribution in [2.24, 2.45) is 0 Å². The predicted octanol–water partition coefficient (Wildman–Crippen LogP) is 4.33. The van der Waals surface area contributed by atoms with Crippen molar-refractivity contribution in [3.8, 4) is 0 Å². The molecule has 2 rings (SSSR count). The maximum absolute atomic E-state index is 13.2. The van der Waals surface area contributed by atoms with Gasteiger partial charge in [0.25, 0.3) is 0 Å². The first-order valence-corrected chi connectivity index (χ1v) is 11.5. The standard InChI is InChI=1S/C24H38N6O/c1-7-17-30(20-15-13-12-14-16-20)18-21(31)27-22-23(28(8-2)9-3)25-19(6)26-24(22)29(10-4)11-5/h12-16H,7-11,17-18H2,1-6H3,(H,27,31). The molecule has 1 aromatic heterocycles. The van der Waals surface area contributed by atoms with Crippen LogP contribution in [-0.2, 0) is 4.79 Å². The zero-order chi connectivity index (χ0) is 22.8. The number of aromatic nitrogens is 2. The van der Waals surface area contributed by atoms with E-state index in [1.165, 1.54) is 0 Å². The molecule has 7 nitrogen and oxygen atoms in total. The number of carbonyl (C=O) groups is 1. The van der Waals surface area contributed by atoms with E-state index in [1.807, 2.05) is 37.3 Å². The molecule has 0 bridgehead atoms. The van der Waals surface area contributed by atoms with Gasteiger partial charge in [0.15, 0.2) is 11.6 Å². The van der Waals surface area contributed by atoms with E-state index in [2.05, 4.69) is 54.6 Å². The highest BCUT2D eigenvalue weighted by atomic mass is 16.2. The molecule has 2 aromatic rings. The monoisotopic (exact) mass is 426 g/mol. The Labute approximate surface area is 187 Å². The molecule has 0 aliphatic heterocycles. The lowest BCUT2D eigenvalue weighted by molar-refractivity contribution is -0.115. The van der Waals surface area contributed by atoms with Crippen LogP contribution in [0.1, 0.15) is 46.9 Å². The van der Waals surface area contributed by atoms with Gasteiger partial charge in [-0.1, -0.05) is 25.1 Å². The zero-order valence-electron chi connectivity index (χ0n) is 20.0. The van der Waals surface area contributed by atoms with Crippen molar-refractivity contribution in [3.63, 3.8) is 0 Å². The molecule has 0 aliphatic carbocycles. The number of amides is 1. The molecule has 7 heteroatoms. The lowest BCUT2D eigenvalue weighted by atomic mass is 10.2. The van der Waals surface area contributed by atoms with Crippen LogP contribution in [0.4, 0.5) is 23.0 Å². The minimum absolute atomic E-state index is 0.0634. The van der Waals surface area contributed by atoms with Gasteiger partial charge in [0, 0.05) is 38.4 Å². The highest BCUT2D eigenvalue weighted by molar-refractivity contribution is 5.99. The molecule has 0 aliphatic rings. The second-order valence-electron chi connectivity index (χ2n) is 7.44. The predicted molar refractivity (Wildman–Crippen MR) is 131 cm³/mol. The number of aryl methyl sites for hydroxylation is 1. The minimum Gasteiger partial charge on any atom is -0.362 e. The average Bonchev–Trinajstić information content (AvgIpc) is 2.77. The quantitative estimate of drug-likeness (QED) is 0.545. The van der Waals surface area contributed by atoms with Crippen LogP contribution < -0.4 is 20.0 Å². The maximum atomic E-state index is 13.2. The molecular formula is C24H38N6O. The molecule has 0 unspecified atom stereocenters. The first kappa shape index (κ1) is 24.4. The van der Waals surface area contributed by atoms with E-state index >= 15 is 0 Å². The summed E-state index contributed by atoms with van der Waals surface area (Å²) in [4.78, 5) is 29.1. The zero-order valence-corrected chi connectivity index (χ0v) is 20.0. The molecule has 0 saturated carbocycles. The summed E-state index contributed by atoms with van der Waals surface area (Å²) >= 11 is 0. The molecule has 0 saturated heterocycles. The number of carbonyl (C=O) groups excluding carboxylic acids is 1. The van der Waals surface area contributed by atoms with E-state index in [9.17, 15) is 4.79 Å². The Kier molecular flexibility index (Phi) is 9.56. The third kappa shape index (κ3) is 6.32. The lowest BCUT2D eigenvalue weighted by Gasteiger charge is -2.29. The molecule has 1 aromatic carbocycles. The molecule has 1 amide bonds. The molecule has 0 spiro atoms. The number of hydrogen-bond acceptors (Lipinski definition) is 6. The number of rotatable bonds is 12. The van der Waals surface area contributed by atoms with E-state index in [4.69, 9.17) is 9.97 Å². The van der Waals surface area contributed by atoms with Gasteiger partial charge in [-0.25, -0.2) is 9.97 Å². The Balaban J connectivity index is 2.41. The van der Waals surface area contributed by atoms with Crippen molar-refractivity contribution in [2.45, 2.75) is 48.0 Å². The third-order valence-corrected chi connectivity index (χ3v) is 5.32. The van der Waals surface area contributed by atoms with Gasteiger partial charge in [-0.2, -0.15) is 0 Å². The summed E-state index contributed by atoms with van der Waals surface area (Å²) in [5.41, 5.74) is 1.75. The largest absolute Gasteiger partial charge is 0.362 e. The Morgan fingerprint density at radius 1 is 0.839 bits per heavy atom. The van der Waals surface area contributed by atoms with E-state index in [0.29, 0.717) is 11.5 Å². The van der Waals surface area contributed by atoms with E-state index < -0.39 is 0 Å². The fourth-order valence-electron chi connectivity index (χ4n) is 3.72. The molecule has 1 heterocycles. The molecule has 1 N–H and O–H groups in total. The van der Waals surface area contributed by atoms with Crippen LogP contribution in [0.5, 0.6) is 0 Å². The van der Waals surface area contributed by atoms with Crippen LogP contribution in [0.3, 0.4) is 0 Å². The topological polar surface area (TPSA) is 64.6 Å².